The summed E-state index contributed by atoms with van der Waals surface area (Å²) in [5, 5.41) is 3.60. The van der Waals surface area contributed by atoms with Crippen molar-refractivity contribution in [1.82, 2.24) is 10.3 Å². The first-order valence-corrected chi connectivity index (χ1v) is 12.0. The first-order valence-electron chi connectivity index (χ1n) is 11.1. The molecule has 0 spiro atoms. The highest BCUT2D eigenvalue weighted by molar-refractivity contribution is 7.14. The number of thiophene rings is 1. The summed E-state index contributed by atoms with van der Waals surface area (Å²) in [4.78, 5) is 17.9. The second-order valence-corrected chi connectivity index (χ2v) is 10.5. The molecule has 0 aliphatic heterocycles. The molecule has 2 aliphatic carbocycles. The molecule has 1 fully saturated rings. The number of pyridine rings is 1. The minimum Gasteiger partial charge on any atom is -0.496 e. The van der Waals surface area contributed by atoms with Gasteiger partial charge in [0.25, 0.3) is 0 Å². The van der Waals surface area contributed by atoms with E-state index >= 15 is 0 Å². The van der Waals surface area contributed by atoms with Crippen LogP contribution in [0.5, 0.6) is 16.6 Å². The lowest BCUT2D eigenvalue weighted by atomic mass is 9.96. The van der Waals surface area contributed by atoms with Crippen molar-refractivity contribution in [3.63, 3.8) is 0 Å². The number of methoxy groups -OCH3 is 1. The highest BCUT2D eigenvalue weighted by Gasteiger charge is 2.63. The second-order valence-electron chi connectivity index (χ2n) is 9.31. The number of hydrogen-bond donors (Lipinski definition) is 1. The molecule has 2 aromatic heterocycles. The molecule has 3 aromatic rings. The van der Waals surface area contributed by atoms with Gasteiger partial charge < -0.3 is 19.5 Å². The average molecular weight is 465 g/mol. The van der Waals surface area contributed by atoms with Crippen LogP contribution >= 0.6 is 11.3 Å². The number of carbonyl (C=O) groups is 1. The van der Waals surface area contributed by atoms with Gasteiger partial charge in [0.1, 0.15) is 18.1 Å². The van der Waals surface area contributed by atoms with Crippen LogP contribution in [0.25, 0.3) is 0 Å². The van der Waals surface area contributed by atoms with Gasteiger partial charge in [0.15, 0.2) is 5.06 Å². The number of ether oxygens (including phenoxy) is 3. The summed E-state index contributed by atoms with van der Waals surface area (Å²) in [5.41, 5.74) is 4.86. The predicted molar refractivity (Wildman–Crippen MR) is 127 cm³/mol. The molecule has 172 valence electrons. The van der Waals surface area contributed by atoms with Crippen LogP contribution in [-0.2, 0) is 19.6 Å². The van der Waals surface area contributed by atoms with E-state index in [0.717, 1.165) is 22.6 Å². The molecule has 5 rings (SSSR count). The fourth-order valence-electron chi connectivity index (χ4n) is 5.08. The molecule has 7 heteroatoms. The number of amides is 1. The Bertz CT molecular complexity index is 1190. The Hall–Kier alpha value is -3.06. The highest BCUT2D eigenvalue weighted by Crippen LogP contribution is 2.72. The van der Waals surface area contributed by atoms with E-state index in [2.05, 4.69) is 31.1 Å². The standard InChI is InChI=1S/C26H28N2O4S/c1-15-22-19(11-20-23(22)26(20,2)3)24(33-15)32-25(29)28-13-17-7-8-18(10-21(17)30-4)31-14-16-6-5-9-27-12-16/h5-10,12,20,23H,11,13-14H2,1-4H3,(H,28,29)/t20-,23-/m1/s1. The normalized spacial score (nSPS) is 19.4. The smallest absolute Gasteiger partial charge is 0.413 e. The van der Waals surface area contributed by atoms with Gasteiger partial charge in [-0.05, 0) is 54.4 Å². The van der Waals surface area contributed by atoms with Gasteiger partial charge in [0.2, 0.25) is 0 Å². The fourth-order valence-corrected chi connectivity index (χ4v) is 6.15. The maximum Gasteiger partial charge on any atom is 0.413 e. The van der Waals surface area contributed by atoms with Gasteiger partial charge in [-0.1, -0.05) is 19.9 Å². The second kappa shape index (κ2) is 8.37. The summed E-state index contributed by atoms with van der Waals surface area (Å²) in [7, 11) is 1.60. The molecule has 6 nitrogen and oxygen atoms in total. The number of fused-ring (bicyclic) bond motifs is 3. The van der Waals surface area contributed by atoms with Gasteiger partial charge in [-0.15, -0.1) is 11.3 Å². The van der Waals surface area contributed by atoms with Crippen LogP contribution in [0.4, 0.5) is 4.79 Å². The Balaban J connectivity index is 1.19. The maximum atomic E-state index is 12.5. The SMILES string of the molecule is COc1cc(OCc2cccnc2)ccc1CNC(=O)Oc1sc(C)c2c1C[C@@H]1[C@H]2C1(C)C. The topological polar surface area (TPSA) is 69.7 Å². The lowest BCUT2D eigenvalue weighted by Gasteiger charge is -2.13. The third kappa shape index (κ3) is 4.06. The zero-order valence-corrected chi connectivity index (χ0v) is 20.1. The zero-order valence-electron chi connectivity index (χ0n) is 19.3. The van der Waals surface area contributed by atoms with Crippen molar-refractivity contribution in [3.8, 4) is 16.6 Å². The molecular weight excluding hydrogens is 436 g/mol. The summed E-state index contributed by atoms with van der Waals surface area (Å²) in [6, 6.07) is 9.41. The highest BCUT2D eigenvalue weighted by atomic mass is 32.1. The van der Waals surface area contributed by atoms with Crippen LogP contribution in [0, 0.1) is 18.3 Å². The lowest BCUT2D eigenvalue weighted by molar-refractivity contribution is 0.201. The van der Waals surface area contributed by atoms with Crippen LogP contribution in [-0.4, -0.2) is 18.2 Å². The Morgan fingerprint density at radius 3 is 2.91 bits per heavy atom. The molecule has 2 atom stereocenters. The van der Waals surface area contributed by atoms with E-state index in [1.165, 1.54) is 16.0 Å². The Morgan fingerprint density at radius 2 is 2.15 bits per heavy atom. The average Bonchev–Trinajstić information content (AvgIpc) is 3.12. The van der Waals surface area contributed by atoms with Gasteiger partial charge in [-0.2, -0.15) is 0 Å². The summed E-state index contributed by atoms with van der Waals surface area (Å²) < 4.78 is 17.1. The number of aryl methyl sites for hydroxylation is 1. The van der Waals surface area contributed by atoms with E-state index < -0.39 is 6.09 Å². The largest absolute Gasteiger partial charge is 0.496 e. The molecule has 0 saturated heterocycles. The predicted octanol–water partition coefficient (Wildman–Crippen LogP) is 5.62. The first-order chi connectivity index (χ1) is 15.9. The molecule has 2 aliphatic rings. The number of hydrogen-bond acceptors (Lipinski definition) is 6. The van der Waals surface area contributed by atoms with Crippen LogP contribution in [0.3, 0.4) is 0 Å². The van der Waals surface area contributed by atoms with Crippen LogP contribution < -0.4 is 19.5 Å². The minimum absolute atomic E-state index is 0.301. The summed E-state index contributed by atoms with van der Waals surface area (Å²) in [5.74, 6) is 2.64. The molecular formula is C26H28N2O4S. The molecule has 33 heavy (non-hydrogen) atoms. The fraction of sp³-hybridized carbons (Fsp3) is 0.385. The van der Waals surface area contributed by atoms with E-state index in [4.69, 9.17) is 14.2 Å². The zero-order chi connectivity index (χ0) is 23.2. The van der Waals surface area contributed by atoms with Gasteiger partial charge in [-0.3, -0.25) is 4.98 Å². The number of nitrogens with one attached hydrogen (secondary N) is 1. The number of aromatic nitrogens is 1. The molecule has 0 radical (unpaired) electrons. The van der Waals surface area contributed by atoms with E-state index in [1.54, 1.807) is 30.8 Å². The minimum atomic E-state index is -0.446. The lowest BCUT2D eigenvalue weighted by Crippen LogP contribution is -2.26. The summed E-state index contributed by atoms with van der Waals surface area (Å²) in [6.45, 7) is 7.52. The molecule has 2 heterocycles. The maximum absolute atomic E-state index is 12.5. The van der Waals surface area contributed by atoms with Gasteiger partial charge in [0.05, 0.1) is 7.11 Å². The van der Waals surface area contributed by atoms with Crippen LogP contribution in [0.1, 0.15) is 46.9 Å². The monoisotopic (exact) mass is 464 g/mol. The molecule has 1 amide bonds. The van der Waals surface area contributed by atoms with Crippen molar-refractivity contribution in [1.29, 1.82) is 0 Å². The quantitative estimate of drug-likeness (QED) is 0.491. The van der Waals surface area contributed by atoms with Crippen molar-refractivity contribution < 1.29 is 19.0 Å². The van der Waals surface area contributed by atoms with E-state index in [9.17, 15) is 4.79 Å². The number of nitrogens with zero attached hydrogens (tertiary/aromatic N) is 1. The van der Waals surface area contributed by atoms with E-state index in [-0.39, 0.29) is 0 Å². The van der Waals surface area contributed by atoms with E-state index in [1.807, 2.05) is 30.3 Å². The molecule has 1 N–H and O–H groups in total. The Labute approximate surface area is 197 Å². The van der Waals surface area contributed by atoms with Gasteiger partial charge >= 0.3 is 6.09 Å². The van der Waals surface area contributed by atoms with Crippen molar-refractivity contribution in [3.05, 3.63) is 69.9 Å². The number of carbonyl (C=O) groups excluding carboxylic acids is 1. The van der Waals surface area contributed by atoms with Crippen molar-refractivity contribution in [2.75, 3.05) is 7.11 Å². The van der Waals surface area contributed by atoms with Crippen molar-refractivity contribution in [2.24, 2.45) is 11.3 Å². The number of rotatable bonds is 7. The van der Waals surface area contributed by atoms with Gasteiger partial charge in [-0.25, -0.2) is 4.79 Å². The van der Waals surface area contributed by atoms with E-state index in [0.29, 0.717) is 41.9 Å². The summed E-state index contributed by atoms with van der Waals surface area (Å²) >= 11 is 1.58. The molecule has 1 aromatic carbocycles. The summed E-state index contributed by atoms with van der Waals surface area (Å²) in [6.07, 6.45) is 4.07. The Kier molecular flexibility index (Phi) is 5.52. The van der Waals surface area contributed by atoms with Crippen LogP contribution in [0.15, 0.2) is 42.7 Å². The van der Waals surface area contributed by atoms with Crippen molar-refractivity contribution in [2.45, 2.75) is 46.3 Å². The van der Waals surface area contributed by atoms with Crippen LogP contribution in [0.2, 0.25) is 0 Å². The third-order valence-corrected chi connectivity index (χ3v) is 8.02. The van der Waals surface area contributed by atoms with Gasteiger partial charge in [0, 0.05) is 46.6 Å². The Morgan fingerprint density at radius 1 is 1.30 bits per heavy atom. The third-order valence-electron chi connectivity index (χ3n) is 6.98. The molecule has 0 unspecified atom stereocenters. The number of benzene rings is 1. The molecule has 0 bridgehead atoms. The van der Waals surface area contributed by atoms with Crippen molar-refractivity contribution >= 4 is 17.4 Å². The first kappa shape index (κ1) is 21.8. The molecule has 1 saturated carbocycles.